The Kier molecular flexibility index (Phi) is 5.85. The molecule has 1 heterocycles. The molecular weight excluding hydrogens is 278 g/mol. The standard InChI is InChI=1S/C12H14ClFN2O.ClH/c13-10-6-8(3-4-11(10)14)12(17)16-9-2-1-5-15-7-9;/h3-4,6,9,15H,1-2,5,7H2,(H,16,17);1H/t9-;/m0./s1. The van der Waals surface area contributed by atoms with Crippen LogP contribution < -0.4 is 10.6 Å². The average molecular weight is 293 g/mol. The Balaban J connectivity index is 0.00000162. The van der Waals surface area contributed by atoms with E-state index in [2.05, 4.69) is 10.6 Å². The predicted octanol–water partition coefficient (Wildman–Crippen LogP) is 2.38. The highest BCUT2D eigenvalue weighted by molar-refractivity contribution is 6.31. The van der Waals surface area contributed by atoms with E-state index in [0.29, 0.717) is 5.56 Å². The Morgan fingerprint density at radius 3 is 2.89 bits per heavy atom. The first-order valence-corrected chi connectivity index (χ1v) is 6.01. The van der Waals surface area contributed by atoms with Gasteiger partial charge in [0, 0.05) is 18.2 Å². The van der Waals surface area contributed by atoms with Gasteiger partial charge in [-0.3, -0.25) is 4.79 Å². The molecule has 2 N–H and O–H groups in total. The van der Waals surface area contributed by atoms with E-state index in [1.54, 1.807) is 0 Å². The van der Waals surface area contributed by atoms with Gasteiger partial charge in [-0.05, 0) is 37.6 Å². The molecule has 1 fully saturated rings. The van der Waals surface area contributed by atoms with E-state index in [4.69, 9.17) is 11.6 Å². The summed E-state index contributed by atoms with van der Waals surface area (Å²) in [5.74, 6) is -0.719. The molecule has 100 valence electrons. The molecule has 2 rings (SSSR count). The minimum atomic E-state index is -0.512. The number of hydrogen-bond acceptors (Lipinski definition) is 2. The minimum absolute atomic E-state index is 0. The van der Waals surface area contributed by atoms with Crippen molar-refractivity contribution in [3.8, 4) is 0 Å². The molecule has 0 aliphatic carbocycles. The average Bonchev–Trinajstić information content (AvgIpc) is 2.34. The minimum Gasteiger partial charge on any atom is -0.348 e. The van der Waals surface area contributed by atoms with Crippen molar-refractivity contribution >= 4 is 29.9 Å². The van der Waals surface area contributed by atoms with Gasteiger partial charge in [-0.1, -0.05) is 11.6 Å². The summed E-state index contributed by atoms with van der Waals surface area (Å²) in [6.07, 6.45) is 2.02. The van der Waals surface area contributed by atoms with Crippen LogP contribution in [0.2, 0.25) is 5.02 Å². The van der Waals surface area contributed by atoms with E-state index in [0.717, 1.165) is 25.9 Å². The number of carbonyl (C=O) groups excluding carboxylic acids is 1. The first kappa shape index (κ1) is 15.2. The molecule has 1 saturated heterocycles. The molecule has 3 nitrogen and oxygen atoms in total. The number of piperidine rings is 1. The van der Waals surface area contributed by atoms with E-state index in [1.807, 2.05) is 0 Å². The molecule has 6 heteroatoms. The monoisotopic (exact) mass is 292 g/mol. The van der Waals surface area contributed by atoms with E-state index in [9.17, 15) is 9.18 Å². The first-order valence-electron chi connectivity index (χ1n) is 5.63. The summed E-state index contributed by atoms with van der Waals surface area (Å²) in [4.78, 5) is 11.9. The van der Waals surface area contributed by atoms with Crippen LogP contribution in [0.5, 0.6) is 0 Å². The molecule has 0 unspecified atom stereocenters. The van der Waals surface area contributed by atoms with Crippen molar-refractivity contribution in [1.29, 1.82) is 0 Å². The van der Waals surface area contributed by atoms with Crippen molar-refractivity contribution in [2.24, 2.45) is 0 Å². The Labute approximate surface area is 116 Å². The quantitative estimate of drug-likeness (QED) is 0.879. The maximum absolute atomic E-state index is 12.9. The topological polar surface area (TPSA) is 41.1 Å². The highest BCUT2D eigenvalue weighted by Gasteiger charge is 2.16. The van der Waals surface area contributed by atoms with Crippen molar-refractivity contribution in [2.45, 2.75) is 18.9 Å². The lowest BCUT2D eigenvalue weighted by Crippen LogP contribution is -2.45. The van der Waals surface area contributed by atoms with Crippen LogP contribution in [-0.4, -0.2) is 25.0 Å². The Hall–Kier alpha value is -0.840. The fourth-order valence-electron chi connectivity index (χ4n) is 1.88. The van der Waals surface area contributed by atoms with Gasteiger partial charge in [-0.15, -0.1) is 12.4 Å². The van der Waals surface area contributed by atoms with Gasteiger partial charge in [-0.25, -0.2) is 4.39 Å². The fourth-order valence-corrected chi connectivity index (χ4v) is 2.06. The molecule has 1 aromatic rings. The second-order valence-corrected chi connectivity index (χ2v) is 4.55. The maximum atomic E-state index is 12.9. The number of amides is 1. The molecule has 0 spiro atoms. The van der Waals surface area contributed by atoms with Crippen LogP contribution in [0.4, 0.5) is 4.39 Å². The predicted molar refractivity (Wildman–Crippen MR) is 72.0 cm³/mol. The van der Waals surface area contributed by atoms with E-state index < -0.39 is 5.82 Å². The fraction of sp³-hybridized carbons (Fsp3) is 0.417. The van der Waals surface area contributed by atoms with Crippen LogP contribution in [-0.2, 0) is 0 Å². The van der Waals surface area contributed by atoms with Gasteiger partial charge < -0.3 is 10.6 Å². The first-order chi connectivity index (χ1) is 8.16. The Morgan fingerprint density at radius 2 is 2.28 bits per heavy atom. The summed E-state index contributed by atoms with van der Waals surface area (Å²) in [5.41, 5.74) is 0.391. The van der Waals surface area contributed by atoms with Crippen molar-refractivity contribution in [3.05, 3.63) is 34.6 Å². The van der Waals surface area contributed by atoms with Crippen LogP contribution >= 0.6 is 24.0 Å². The SMILES string of the molecule is Cl.O=C(N[C@H]1CCCNC1)c1ccc(F)c(Cl)c1. The number of benzene rings is 1. The molecule has 0 bridgehead atoms. The Morgan fingerprint density at radius 1 is 1.50 bits per heavy atom. The zero-order valence-electron chi connectivity index (χ0n) is 9.71. The summed E-state index contributed by atoms with van der Waals surface area (Å²) in [7, 11) is 0. The number of rotatable bonds is 2. The molecule has 18 heavy (non-hydrogen) atoms. The third-order valence-electron chi connectivity index (χ3n) is 2.81. The summed E-state index contributed by atoms with van der Waals surface area (Å²) >= 11 is 5.63. The molecule has 1 amide bonds. The van der Waals surface area contributed by atoms with Crippen LogP contribution in [0.3, 0.4) is 0 Å². The van der Waals surface area contributed by atoms with Gasteiger partial charge >= 0.3 is 0 Å². The summed E-state index contributed by atoms with van der Waals surface area (Å²) in [5, 5.41) is 6.08. The molecule has 1 aliphatic rings. The lowest BCUT2D eigenvalue weighted by molar-refractivity contribution is 0.0930. The molecule has 1 atom stereocenters. The lowest BCUT2D eigenvalue weighted by Gasteiger charge is -2.23. The number of nitrogens with one attached hydrogen (secondary N) is 2. The lowest BCUT2D eigenvalue weighted by atomic mass is 10.1. The maximum Gasteiger partial charge on any atom is 0.251 e. The van der Waals surface area contributed by atoms with Crippen molar-refractivity contribution < 1.29 is 9.18 Å². The van der Waals surface area contributed by atoms with Crippen LogP contribution in [0.1, 0.15) is 23.2 Å². The molecular formula is C12H15Cl2FN2O. The van der Waals surface area contributed by atoms with E-state index in [1.165, 1.54) is 18.2 Å². The molecule has 0 aromatic heterocycles. The normalized spacial score (nSPS) is 18.9. The number of carbonyl (C=O) groups is 1. The molecule has 1 aliphatic heterocycles. The van der Waals surface area contributed by atoms with Gasteiger partial charge in [0.2, 0.25) is 0 Å². The Bertz CT molecular complexity index is 423. The van der Waals surface area contributed by atoms with Crippen molar-refractivity contribution in [1.82, 2.24) is 10.6 Å². The smallest absolute Gasteiger partial charge is 0.251 e. The number of hydrogen-bond donors (Lipinski definition) is 2. The summed E-state index contributed by atoms with van der Waals surface area (Å²) < 4.78 is 12.9. The zero-order chi connectivity index (χ0) is 12.3. The number of halogens is 3. The highest BCUT2D eigenvalue weighted by Crippen LogP contribution is 2.16. The van der Waals surface area contributed by atoms with Gasteiger partial charge in [0.1, 0.15) is 5.82 Å². The second-order valence-electron chi connectivity index (χ2n) is 4.15. The second kappa shape index (κ2) is 6.92. The van der Waals surface area contributed by atoms with E-state index in [-0.39, 0.29) is 29.4 Å². The highest BCUT2D eigenvalue weighted by atomic mass is 35.5. The zero-order valence-corrected chi connectivity index (χ0v) is 11.3. The van der Waals surface area contributed by atoms with Crippen LogP contribution in [0, 0.1) is 5.82 Å². The van der Waals surface area contributed by atoms with Crippen molar-refractivity contribution in [3.63, 3.8) is 0 Å². The molecule has 0 saturated carbocycles. The molecule has 1 aromatic carbocycles. The third kappa shape index (κ3) is 3.83. The van der Waals surface area contributed by atoms with Crippen LogP contribution in [0.25, 0.3) is 0 Å². The van der Waals surface area contributed by atoms with Crippen molar-refractivity contribution in [2.75, 3.05) is 13.1 Å². The summed E-state index contributed by atoms with van der Waals surface area (Å²) in [6, 6.07) is 4.13. The van der Waals surface area contributed by atoms with Crippen LogP contribution in [0.15, 0.2) is 18.2 Å². The van der Waals surface area contributed by atoms with Gasteiger partial charge in [0.15, 0.2) is 0 Å². The summed E-state index contributed by atoms with van der Waals surface area (Å²) in [6.45, 7) is 1.77. The van der Waals surface area contributed by atoms with Gasteiger partial charge in [0.05, 0.1) is 5.02 Å². The van der Waals surface area contributed by atoms with E-state index >= 15 is 0 Å². The third-order valence-corrected chi connectivity index (χ3v) is 3.10. The van der Waals surface area contributed by atoms with Gasteiger partial charge in [0.25, 0.3) is 5.91 Å². The largest absolute Gasteiger partial charge is 0.348 e. The molecule has 0 radical (unpaired) electrons. The van der Waals surface area contributed by atoms with Gasteiger partial charge in [-0.2, -0.15) is 0 Å².